The Morgan fingerprint density at radius 1 is 1.03 bits per heavy atom. The van der Waals surface area contributed by atoms with Crippen LogP contribution in [0.15, 0.2) is 30.3 Å². The molecule has 5 nitrogen and oxygen atoms in total. The van der Waals surface area contributed by atoms with Gasteiger partial charge in [-0.05, 0) is 30.6 Å². The van der Waals surface area contributed by atoms with E-state index in [4.69, 9.17) is 9.16 Å². The fourth-order valence-corrected chi connectivity index (χ4v) is 5.16. The molecule has 0 saturated heterocycles. The molecule has 1 N–H and O–H groups in total. The molecule has 6 heteroatoms. The Balaban J connectivity index is 3.09. The van der Waals surface area contributed by atoms with Gasteiger partial charge in [-0.3, -0.25) is 9.59 Å². The molecule has 1 aromatic rings. The van der Waals surface area contributed by atoms with Crippen LogP contribution in [0.5, 0.6) is 0 Å². The first kappa shape index (κ1) is 29.7. The van der Waals surface area contributed by atoms with Crippen molar-refractivity contribution in [2.75, 3.05) is 6.61 Å². The molecule has 0 aliphatic heterocycles. The highest BCUT2D eigenvalue weighted by Crippen LogP contribution is 2.40. The van der Waals surface area contributed by atoms with Crippen molar-refractivity contribution in [3.8, 4) is 0 Å². The van der Waals surface area contributed by atoms with Crippen molar-refractivity contribution in [2.24, 2.45) is 17.3 Å². The summed E-state index contributed by atoms with van der Waals surface area (Å²) in [7, 11) is -2.18. The van der Waals surface area contributed by atoms with Gasteiger partial charge in [-0.2, -0.15) is 0 Å². The number of ketones is 2. The van der Waals surface area contributed by atoms with Gasteiger partial charge in [0.1, 0.15) is 11.6 Å². The minimum atomic E-state index is -2.18. The molecule has 188 valence electrons. The predicted octanol–water partition coefficient (Wildman–Crippen LogP) is 5.80. The zero-order valence-corrected chi connectivity index (χ0v) is 23.4. The summed E-state index contributed by atoms with van der Waals surface area (Å²) in [4.78, 5) is 25.1. The summed E-state index contributed by atoms with van der Waals surface area (Å²) in [6.45, 7) is 20.7. The number of carbonyl (C=O) groups is 2. The van der Waals surface area contributed by atoms with E-state index >= 15 is 0 Å². The Morgan fingerprint density at radius 3 is 2.06 bits per heavy atom. The van der Waals surface area contributed by atoms with Crippen molar-refractivity contribution < 1.29 is 23.9 Å². The van der Waals surface area contributed by atoms with Crippen LogP contribution in [0, 0.1) is 17.3 Å². The summed E-state index contributed by atoms with van der Waals surface area (Å²) in [6.07, 6.45) is -1.41. The third-order valence-electron chi connectivity index (χ3n) is 7.15. The van der Waals surface area contributed by atoms with Crippen molar-refractivity contribution in [3.05, 3.63) is 35.9 Å². The Labute approximate surface area is 202 Å². The molecule has 0 aliphatic rings. The van der Waals surface area contributed by atoms with Crippen LogP contribution in [0.3, 0.4) is 0 Å². The number of hydrogen-bond acceptors (Lipinski definition) is 5. The molecular formula is C27H46O5Si. The number of ether oxygens (including phenoxy) is 1. The van der Waals surface area contributed by atoms with Gasteiger partial charge in [-0.25, -0.2) is 0 Å². The Hall–Kier alpha value is -1.34. The molecule has 1 aromatic carbocycles. The number of aliphatic hydroxyl groups excluding tert-OH is 1. The molecule has 0 amide bonds. The molecule has 0 aromatic heterocycles. The van der Waals surface area contributed by atoms with Gasteiger partial charge in [0, 0.05) is 18.3 Å². The van der Waals surface area contributed by atoms with Crippen LogP contribution in [-0.2, 0) is 25.4 Å². The highest BCUT2D eigenvalue weighted by atomic mass is 28.4. The van der Waals surface area contributed by atoms with E-state index in [1.165, 1.54) is 6.92 Å². The van der Waals surface area contributed by atoms with Gasteiger partial charge in [-0.1, -0.05) is 78.8 Å². The summed E-state index contributed by atoms with van der Waals surface area (Å²) in [5.41, 5.74) is 0.0502. The van der Waals surface area contributed by atoms with Crippen molar-refractivity contribution >= 4 is 19.9 Å². The maximum atomic E-state index is 13.6. The number of hydrogen-bond donors (Lipinski definition) is 1. The van der Waals surface area contributed by atoms with Crippen molar-refractivity contribution in [3.63, 3.8) is 0 Å². The quantitative estimate of drug-likeness (QED) is 0.363. The monoisotopic (exact) mass is 478 g/mol. The lowest BCUT2D eigenvalue weighted by Crippen LogP contribution is -2.52. The molecule has 0 spiro atoms. The van der Waals surface area contributed by atoms with E-state index in [1.807, 2.05) is 37.3 Å². The van der Waals surface area contributed by atoms with Gasteiger partial charge < -0.3 is 14.3 Å². The SMILES string of the molecule is CC(=O)C[C@H](O)C(C)(C)C(=O)[C@H](C)[C@@H](O[Si](C)(C)C(C)(C)C)[C@@H](C)COCc1ccccc1. The summed E-state index contributed by atoms with van der Waals surface area (Å²) in [5, 5.41) is 10.6. The first-order valence-electron chi connectivity index (χ1n) is 12.0. The van der Waals surface area contributed by atoms with Crippen molar-refractivity contribution in [1.29, 1.82) is 0 Å². The maximum absolute atomic E-state index is 13.6. The van der Waals surface area contributed by atoms with E-state index < -0.39 is 25.8 Å². The first-order chi connectivity index (χ1) is 15.0. The molecule has 33 heavy (non-hydrogen) atoms. The molecule has 0 unspecified atom stereocenters. The lowest BCUT2D eigenvalue weighted by Gasteiger charge is -2.44. The molecular weight excluding hydrogens is 432 g/mol. The van der Waals surface area contributed by atoms with E-state index in [1.54, 1.807) is 13.8 Å². The fourth-order valence-electron chi connectivity index (χ4n) is 3.69. The largest absolute Gasteiger partial charge is 0.413 e. The second-order valence-electron chi connectivity index (χ2n) is 11.6. The smallest absolute Gasteiger partial charge is 0.192 e. The normalized spacial score (nSPS) is 16.7. The fraction of sp³-hybridized carbons (Fsp3) is 0.704. The summed E-state index contributed by atoms with van der Waals surface area (Å²) < 4.78 is 12.8. The molecule has 0 aliphatic carbocycles. The highest BCUT2D eigenvalue weighted by Gasteiger charge is 2.46. The van der Waals surface area contributed by atoms with Crippen LogP contribution >= 0.6 is 0 Å². The minimum Gasteiger partial charge on any atom is -0.413 e. The van der Waals surface area contributed by atoms with Gasteiger partial charge in [0.2, 0.25) is 0 Å². The number of rotatable bonds is 13. The Kier molecular flexibility index (Phi) is 10.7. The summed E-state index contributed by atoms with van der Waals surface area (Å²) in [5.74, 6) is -0.698. The van der Waals surface area contributed by atoms with Crippen LogP contribution in [0.1, 0.15) is 67.4 Å². The summed E-state index contributed by atoms with van der Waals surface area (Å²) in [6, 6.07) is 10.0. The lowest BCUT2D eigenvalue weighted by atomic mass is 9.73. The molecule has 4 atom stereocenters. The average Bonchev–Trinajstić information content (AvgIpc) is 2.70. The molecule has 0 bridgehead atoms. The number of aliphatic hydroxyl groups is 1. The average molecular weight is 479 g/mol. The van der Waals surface area contributed by atoms with E-state index in [-0.39, 0.29) is 35.0 Å². The Morgan fingerprint density at radius 2 is 1.58 bits per heavy atom. The minimum absolute atomic E-state index is 0.0116. The van der Waals surface area contributed by atoms with Gasteiger partial charge >= 0.3 is 0 Å². The van der Waals surface area contributed by atoms with Crippen molar-refractivity contribution in [2.45, 2.75) is 98.8 Å². The van der Waals surface area contributed by atoms with Gasteiger partial charge in [0.05, 0.1) is 30.8 Å². The molecule has 0 fully saturated rings. The van der Waals surface area contributed by atoms with Gasteiger partial charge in [-0.15, -0.1) is 0 Å². The number of benzene rings is 1. The number of Topliss-reactive ketones (excluding diaryl/α,β-unsaturated/α-hetero) is 2. The number of carbonyl (C=O) groups excluding carboxylic acids is 2. The van der Waals surface area contributed by atoms with Crippen LogP contribution in [0.4, 0.5) is 0 Å². The van der Waals surface area contributed by atoms with Crippen LogP contribution in [0.25, 0.3) is 0 Å². The second kappa shape index (κ2) is 11.9. The maximum Gasteiger partial charge on any atom is 0.192 e. The highest BCUT2D eigenvalue weighted by molar-refractivity contribution is 6.74. The van der Waals surface area contributed by atoms with E-state index in [9.17, 15) is 14.7 Å². The van der Waals surface area contributed by atoms with Crippen LogP contribution < -0.4 is 0 Å². The third-order valence-corrected chi connectivity index (χ3v) is 11.6. The van der Waals surface area contributed by atoms with Gasteiger partial charge in [0.15, 0.2) is 8.32 Å². The standard InChI is InChI=1S/C27H46O5Si/c1-19(17-31-18-22-14-12-11-13-15-22)24(32-33(9,10)26(4,5)6)21(3)25(30)27(7,8)23(29)16-20(2)28/h11-15,19,21,23-24,29H,16-18H2,1-10H3/t19-,21+,23-,24-/m0/s1. The third kappa shape index (κ3) is 8.43. The van der Waals surface area contributed by atoms with E-state index in [0.29, 0.717) is 13.2 Å². The summed E-state index contributed by atoms with van der Waals surface area (Å²) >= 11 is 0. The molecule has 1 rings (SSSR count). The molecule has 0 saturated carbocycles. The van der Waals surface area contributed by atoms with Gasteiger partial charge in [0.25, 0.3) is 0 Å². The zero-order valence-electron chi connectivity index (χ0n) is 22.4. The van der Waals surface area contributed by atoms with Crippen molar-refractivity contribution in [1.82, 2.24) is 0 Å². The van der Waals surface area contributed by atoms with E-state index in [2.05, 4.69) is 40.8 Å². The van der Waals surface area contributed by atoms with Crippen LogP contribution in [-0.4, -0.2) is 43.8 Å². The first-order valence-corrected chi connectivity index (χ1v) is 14.9. The molecule has 0 heterocycles. The van der Waals surface area contributed by atoms with E-state index in [0.717, 1.165) is 5.56 Å². The topological polar surface area (TPSA) is 72.8 Å². The lowest BCUT2D eigenvalue weighted by molar-refractivity contribution is -0.142. The van der Waals surface area contributed by atoms with Crippen LogP contribution in [0.2, 0.25) is 18.1 Å². The second-order valence-corrected chi connectivity index (χ2v) is 16.4. The predicted molar refractivity (Wildman–Crippen MR) is 137 cm³/mol. The molecule has 0 radical (unpaired) electrons. The Bertz CT molecular complexity index is 766. The zero-order chi connectivity index (χ0) is 25.6.